The number of anilines is 1. The minimum absolute atomic E-state index is 0.461. The summed E-state index contributed by atoms with van der Waals surface area (Å²) in [5.41, 5.74) is 0.859. The Balaban J connectivity index is 1.94. The fourth-order valence-corrected chi connectivity index (χ4v) is 1.89. The van der Waals surface area contributed by atoms with Crippen molar-refractivity contribution in [3.8, 4) is 0 Å². The molecule has 4 nitrogen and oxygen atoms in total. The summed E-state index contributed by atoms with van der Waals surface area (Å²) in [7, 11) is 0. The highest BCUT2D eigenvalue weighted by Gasteiger charge is 2.08. The maximum atomic E-state index is 5.93. The second kappa shape index (κ2) is 6.26. The van der Waals surface area contributed by atoms with E-state index in [1.807, 2.05) is 6.07 Å². The van der Waals surface area contributed by atoms with Crippen molar-refractivity contribution in [2.75, 3.05) is 5.32 Å². The highest BCUT2D eigenvalue weighted by Crippen LogP contribution is 2.25. The Morgan fingerprint density at radius 3 is 2.74 bits per heavy atom. The summed E-state index contributed by atoms with van der Waals surface area (Å²) in [6, 6.07) is 5.35. The molecule has 0 saturated carbocycles. The number of benzene rings is 1. The van der Waals surface area contributed by atoms with Crippen molar-refractivity contribution in [3.05, 3.63) is 40.0 Å². The van der Waals surface area contributed by atoms with E-state index in [0.717, 1.165) is 17.9 Å². The monoisotopic (exact) mass is 299 g/mol. The predicted octanol–water partition coefficient (Wildman–Crippen LogP) is 4.19. The number of hydrogen-bond acceptors (Lipinski definition) is 4. The second-order valence-electron chi connectivity index (χ2n) is 4.68. The minimum atomic E-state index is 0.461. The fourth-order valence-electron chi connectivity index (χ4n) is 1.59. The van der Waals surface area contributed by atoms with Gasteiger partial charge in [-0.05, 0) is 24.1 Å². The van der Waals surface area contributed by atoms with Gasteiger partial charge in [0.2, 0.25) is 5.89 Å². The average Bonchev–Trinajstić information content (AvgIpc) is 2.77. The molecule has 1 aromatic carbocycles. The molecule has 19 heavy (non-hydrogen) atoms. The summed E-state index contributed by atoms with van der Waals surface area (Å²) < 4.78 is 5.16. The molecule has 0 aliphatic heterocycles. The first kappa shape index (κ1) is 14.2. The lowest BCUT2D eigenvalue weighted by Gasteiger charge is -2.04. The third-order valence-electron chi connectivity index (χ3n) is 2.46. The lowest BCUT2D eigenvalue weighted by Crippen LogP contribution is -2.01. The number of aromatic nitrogens is 2. The van der Waals surface area contributed by atoms with Gasteiger partial charge in [-0.2, -0.15) is 4.98 Å². The van der Waals surface area contributed by atoms with E-state index in [9.17, 15) is 0 Å². The van der Waals surface area contributed by atoms with Crippen LogP contribution in [-0.2, 0) is 13.0 Å². The van der Waals surface area contributed by atoms with Crippen LogP contribution in [0.1, 0.15) is 25.6 Å². The van der Waals surface area contributed by atoms with Gasteiger partial charge in [-0.3, -0.25) is 0 Å². The zero-order chi connectivity index (χ0) is 13.8. The first-order chi connectivity index (χ1) is 9.04. The van der Waals surface area contributed by atoms with Crippen molar-refractivity contribution in [1.82, 2.24) is 10.1 Å². The van der Waals surface area contributed by atoms with Crippen LogP contribution in [0.25, 0.3) is 0 Å². The maximum absolute atomic E-state index is 5.93. The van der Waals surface area contributed by atoms with E-state index in [0.29, 0.717) is 28.4 Å². The van der Waals surface area contributed by atoms with E-state index in [2.05, 4.69) is 29.3 Å². The van der Waals surface area contributed by atoms with Crippen molar-refractivity contribution >= 4 is 28.9 Å². The van der Waals surface area contributed by atoms with Gasteiger partial charge in [0.25, 0.3) is 0 Å². The van der Waals surface area contributed by atoms with Crippen LogP contribution in [0.5, 0.6) is 0 Å². The molecule has 0 fully saturated rings. The van der Waals surface area contributed by atoms with E-state index in [4.69, 9.17) is 27.7 Å². The molecule has 2 aromatic rings. The molecule has 0 aliphatic rings. The van der Waals surface area contributed by atoms with Gasteiger partial charge in [0.15, 0.2) is 5.82 Å². The van der Waals surface area contributed by atoms with E-state index in [-0.39, 0.29) is 0 Å². The lowest BCUT2D eigenvalue weighted by atomic mass is 10.1. The minimum Gasteiger partial charge on any atom is -0.376 e. The van der Waals surface area contributed by atoms with Gasteiger partial charge in [-0.15, -0.1) is 0 Å². The average molecular weight is 300 g/mol. The summed E-state index contributed by atoms with van der Waals surface area (Å²) in [4.78, 5) is 4.31. The van der Waals surface area contributed by atoms with E-state index < -0.39 is 0 Å². The highest BCUT2D eigenvalue weighted by atomic mass is 35.5. The fraction of sp³-hybridized carbons (Fsp3) is 0.385. The molecular weight excluding hydrogens is 285 g/mol. The molecule has 1 aromatic heterocycles. The Bertz CT molecular complexity index is 555. The van der Waals surface area contributed by atoms with Gasteiger partial charge in [0.1, 0.15) is 0 Å². The van der Waals surface area contributed by atoms with Gasteiger partial charge >= 0.3 is 0 Å². The molecule has 0 bridgehead atoms. The summed E-state index contributed by atoms with van der Waals surface area (Å²) in [5, 5.41) is 8.13. The standard InChI is InChI=1S/C13H15Cl2N3O/c1-8(2)5-12-17-13(19-18-12)7-16-9-3-4-10(14)11(15)6-9/h3-4,6,8,16H,5,7H2,1-2H3. The zero-order valence-corrected chi connectivity index (χ0v) is 12.3. The molecule has 0 atom stereocenters. The molecule has 1 heterocycles. The summed E-state index contributed by atoms with van der Waals surface area (Å²) in [6.07, 6.45) is 0.816. The third-order valence-corrected chi connectivity index (χ3v) is 3.20. The Hall–Kier alpha value is -1.26. The van der Waals surface area contributed by atoms with Crippen molar-refractivity contribution in [2.45, 2.75) is 26.8 Å². The summed E-state index contributed by atoms with van der Waals surface area (Å²) in [5.74, 6) is 1.80. The van der Waals surface area contributed by atoms with Gasteiger partial charge in [0, 0.05) is 12.1 Å². The Labute approximate surface area is 122 Å². The second-order valence-corrected chi connectivity index (χ2v) is 5.50. The quantitative estimate of drug-likeness (QED) is 0.899. The third kappa shape index (κ3) is 4.11. The van der Waals surface area contributed by atoms with E-state index in [1.54, 1.807) is 12.1 Å². The van der Waals surface area contributed by atoms with Crippen LogP contribution >= 0.6 is 23.2 Å². The number of hydrogen-bond donors (Lipinski definition) is 1. The highest BCUT2D eigenvalue weighted by molar-refractivity contribution is 6.42. The van der Waals surface area contributed by atoms with Crippen LogP contribution < -0.4 is 5.32 Å². The van der Waals surface area contributed by atoms with Crippen LogP contribution in [0.15, 0.2) is 22.7 Å². The number of halogens is 2. The molecule has 102 valence electrons. The number of rotatable bonds is 5. The first-order valence-corrected chi connectivity index (χ1v) is 6.80. The van der Waals surface area contributed by atoms with Gasteiger partial charge in [0.05, 0.1) is 16.6 Å². The zero-order valence-electron chi connectivity index (χ0n) is 10.8. The molecule has 0 amide bonds. The number of nitrogens with one attached hydrogen (secondary N) is 1. The van der Waals surface area contributed by atoms with Crippen molar-refractivity contribution in [2.24, 2.45) is 5.92 Å². The molecule has 2 rings (SSSR count). The van der Waals surface area contributed by atoms with Crippen LogP contribution in [-0.4, -0.2) is 10.1 Å². The topological polar surface area (TPSA) is 51.0 Å². The Kier molecular flexibility index (Phi) is 4.66. The lowest BCUT2D eigenvalue weighted by molar-refractivity contribution is 0.375. The molecular formula is C13H15Cl2N3O. The molecule has 0 unspecified atom stereocenters. The van der Waals surface area contributed by atoms with Crippen LogP contribution in [0, 0.1) is 5.92 Å². The van der Waals surface area contributed by atoms with Crippen LogP contribution in [0.4, 0.5) is 5.69 Å². The SMILES string of the molecule is CC(C)Cc1noc(CNc2ccc(Cl)c(Cl)c2)n1. The normalized spacial score (nSPS) is 11.0. The van der Waals surface area contributed by atoms with Gasteiger partial charge < -0.3 is 9.84 Å². The first-order valence-electron chi connectivity index (χ1n) is 6.05. The Morgan fingerprint density at radius 1 is 1.26 bits per heavy atom. The molecule has 0 aliphatic carbocycles. The van der Waals surface area contributed by atoms with Crippen molar-refractivity contribution in [3.63, 3.8) is 0 Å². The maximum Gasteiger partial charge on any atom is 0.245 e. The van der Waals surface area contributed by atoms with Crippen molar-refractivity contribution < 1.29 is 4.52 Å². The van der Waals surface area contributed by atoms with E-state index >= 15 is 0 Å². The summed E-state index contributed by atoms with van der Waals surface area (Å²) in [6.45, 7) is 4.69. The predicted molar refractivity (Wildman–Crippen MR) is 76.6 cm³/mol. The van der Waals surface area contributed by atoms with Gasteiger partial charge in [-0.25, -0.2) is 0 Å². The molecule has 0 radical (unpaired) electrons. The largest absolute Gasteiger partial charge is 0.376 e. The molecule has 6 heteroatoms. The smallest absolute Gasteiger partial charge is 0.245 e. The molecule has 0 saturated heterocycles. The van der Waals surface area contributed by atoms with E-state index in [1.165, 1.54) is 0 Å². The molecule has 1 N–H and O–H groups in total. The number of nitrogens with zero attached hydrogens (tertiary/aromatic N) is 2. The van der Waals surface area contributed by atoms with Crippen LogP contribution in [0.3, 0.4) is 0 Å². The van der Waals surface area contributed by atoms with Crippen molar-refractivity contribution in [1.29, 1.82) is 0 Å². The summed E-state index contributed by atoms with van der Waals surface area (Å²) >= 11 is 11.8. The molecule has 0 spiro atoms. The van der Waals surface area contributed by atoms with Gasteiger partial charge in [-0.1, -0.05) is 42.2 Å². The van der Waals surface area contributed by atoms with Crippen LogP contribution in [0.2, 0.25) is 10.0 Å². The Morgan fingerprint density at radius 2 is 2.05 bits per heavy atom.